The lowest BCUT2D eigenvalue weighted by molar-refractivity contribution is -0.148. The van der Waals surface area contributed by atoms with E-state index in [9.17, 15) is 5.11 Å². The normalized spacial score (nSPS) is 31.6. The molecule has 2 atom stereocenters. The molecule has 3 nitrogen and oxygen atoms in total. The van der Waals surface area contributed by atoms with Crippen LogP contribution in [0.3, 0.4) is 0 Å². The van der Waals surface area contributed by atoms with Gasteiger partial charge in [0.1, 0.15) is 0 Å². The number of nitrogens with zero attached hydrogens (tertiary/aromatic N) is 1. The fraction of sp³-hybridized carbons (Fsp3) is 1.00. The van der Waals surface area contributed by atoms with Gasteiger partial charge in [0, 0.05) is 19.2 Å². The number of likely N-dealkylation sites (N-methyl/N-ethyl adjacent to an activating group) is 1. The molecule has 2 fully saturated rings. The molecule has 1 aliphatic carbocycles. The second-order valence-corrected chi connectivity index (χ2v) is 5.32. The smallest absolute Gasteiger partial charge is 0.0697 e. The summed E-state index contributed by atoms with van der Waals surface area (Å²) in [6.45, 7) is 3.53. The Balaban J connectivity index is 1.86. The molecule has 0 amide bonds. The van der Waals surface area contributed by atoms with Crippen molar-refractivity contribution in [2.24, 2.45) is 0 Å². The molecule has 0 aromatic heterocycles. The van der Waals surface area contributed by atoms with Gasteiger partial charge in [0.2, 0.25) is 0 Å². The van der Waals surface area contributed by atoms with Crippen LogP contribution in [-0.4, -0.2) is 48.0 Å². The van der Waals surface area contributed by atoms with Crippen molar-refractivity contribution >= 4 is 0 Å². The summed E-state index contributed by atoms with van der Waals surface area (Å²) in [4.78, 5) is 2.30. The minimum atomic E-state index is -0.227. The Bertz CT molecular complexity index is 214. The van der Waals surface area contributed by atoms with Gasteiger partial charge in [-0.1, -0.05) is 0 Å². The highest BCUT2D eigenvalue weighted by atomic mass is 16.5. The minimum Gasteiger partial charge on any atom is -0.392 e. The third-order valence-corrected chi connectivity index (χ3v) is 3.91. The summed E-state index contributed by atoms with van der Waals surface area (Å²) in [5, 5.41) is 9.38. The molecule has 2 aliphatic rings. The van der Waals surface area contributed by atoms with E-state index < -0.39 is 0 Å². The van der Waals surface area contributed by atoms with Crippen molar-refractivity contribution in [1.82, 2.24) is 4.90 Å². The number of aliphatic hydroxyl groups excluding tert-OH is 1. The van der Waals surface area contributed by atoms with E-state index in [0.29, 0.717) is 6.04 Å². The first kappa shape index (κ1) is 11.4. The van der Waals surface area contributed by atoms with Gasteiger partial charge in [-0.2, -0.15) is 0 Å². The first-order chi connectivity index (χ1) is 7.11. The van der Waals surface area contributed by atoms with Gasteiger partial charge in [0.25, 0.3) is 0 Å². The first-order valence-corrected chi connectivity index (χ1v) is 6.14. The number of rotatable bonds is 3. The summed E-state index contributed by atoms with van der Waals surface area (Å²) in [7, 11) is 2.12. The van der Waals surface area contributed by atoms with Crippen molar-refractivity contribution in [2.45, 2.75) is 56.8 Å². The van der Waals surface area contributed by atoms with Crippen molar-refractivity contribution in [3.8, 4) is 0 Å². The Morgan fingerprint density at radius 2 is 2.27 bits per heavy atom. The molecule has 2 rings (SSSR count). The third kappa shape index (κ3) is 2.52. The maximum atomic E-state index is 9.38. The molecule has 0 bridgehead atoms. The summed E-state index contributed by atoms with van der Waals surface area (Å²) in [6.07, 6.45) is 5.86. The zero-order valence-electron chi connectivity index (χ0n) is 9.91. The molecule has 1 saturated heterocycles. The van der Waals surface area contributed by atoms with Crippen LogP contribution in [0.4, 0.5) is 0 Å². The summed E-state index contributed by atoms with van der Waals surface area (Å²) >= 11 is 0. The van der Waals surface area contributed by atoms with E-state index in [1.807, 2.05) is 6.92 Å². The van der Waals surface area contributed by atoms with Crippen molar-refractivity contribution in [3.63, 3.8) is 0 Å². The SMILES string of the molecule is CC(O)CN(C)C1CCOC2(CCC2)C1. The number of hydrogen-bond donors (Lipinski definition) is 1. The van der Waals surface area contributed by atoms with Gasteiger partial charge in [-0.05, 0) is 46.1 Å². The molecule has 0 radical (unpaired) electrons. The molecule has 1 saturated carbocycles. The van der Waals surface area contributed by atoms with E-state index in [4.69, 9.17) is 4.74 Å². The predicted molar refractivity (Wildman–Crippen MR) is 59.9 cm³/mol. The molecule has 1 heterocycles. The van der Waals surface area contributed by atoms with Gasteiger partial charge in [-0.25, -0.2) is 0 Å². The molecular formula is C12H23NO2. The van der Waals surface area contributed by atoms with Crippen LogP contribution in [0, 0.1) is 0 Å². The topological polar surface area (TPSA) is 32.7 Å². The number of aliphatic hydroxyl groups is 1. The molecule has 0 aromatic rings. The van der Waals surface area contributed by atoms with Crippen LogP contribution in [0.5, 0.6) is 0 Å². The van der Waals surface area contributed by atoms with Gasteiger partial charge in [-0.15, -0.1) is 0 Å². The Morgan fingerprint density at radius 3 is 2.80 bits per heavy atom. The second-order valence-electron chi connectivity index (χ2n) is 5.32. The second kappa shape index (κ2) is 4.40. The quantitative estimate of drug-likeness (QED) is 0.769. The van der Waals surface area contributed by atoms with Crippen molar-refractivity contribution in [1.29, 1.82) is 0 Å². The zero-order valence-corrected chi connectivity index (χ0v) is 9.91. The van der Waals surface area contributed by atoms with Crippen molar-refractivity contribution in [2.75, 3.05) is 20.2 Å². The average molecular weight is 213 g/mol. The highest BCUT2D eigenvalue weighted by Crippen LogP contribution is 2.43. The maximum absolute atomic E-state index is 9.38. The van der Waals surface area contributed by atoms with Gasteiger partial charge in [0.05, 0.1) is 11.7 Å². The minimum absolute atomic E-state index is 0.218. The van der Waals surface area contributed by atoms with Crippen LogP contribution >= 0.6 is 0 Å². The highest BCUT2D eigenvalue weighted by Gasteiger charge is 2.43. The Morgan fingerprint density at radius 1 is 1.53 bits per heavy atom. The van der Waals surface area contributed by atoms with Crippen LogP contribution in [0.25, 0.3) is 0 Å². The standard InChI is InChI=1S/C12H23NO2/c1-10(14)9-13(2)11-4-7-15-12(8-11)5-3-6-12/h10-11,14H,3-9H2,1-2H3. The first-order valence-electron chi connectivity index (χ1n) is 6.14. The van der Waals surface area contributed by atoms with Crippen LogP contribution < -0.4 is 0 Å². The molecule has 15 heavy (non-hydrogen) atoms. The zero-order chi connectivity index (χ0) is 10.9. The van der Waals surface area contributed by atoms with E-state index >= 15 is 0 Å². The third-order valence-electron chi connectivity index (χ3n) is 3.91. The van der Waals surface area contributed by atoms with E-state index in [1.54, 1.807) is 0 Å². The highest BCUT2D eigenvalue weighted by molar-refractivity contribution is 4.96. The van der Waals surface area contributed by atoms with Crippen molar-refractivity contribution < 1.29 is 9.84 Å². The largest absolute Gasteiger partial charge is 0.392 e. The van der Waals surface area contributed by atoms with Crippen LogP contribution in [-0.2, 0) is 4.74 Å². The van der Waals surface area contributed by atoms with E-state index in [2.05, 4.69) is 11.9 Å². The monoisotopic (exact) mass is 213 g/mol. The molecule has 1 spiro atoms. The summed E-state index contributed by atoms with van der Waals surface area (Å²) in [5.41, 5.74) is 0.218. The molecule has 0 aromatic carbocycles. The van der Waals surface area contributed by atoms with Crippen molar-refractivity contribution in [3.05, 3.63) is 0 Å². The fourth-order valence-electron chi connectivity index (χ4n) is 2.86. The Kier molecular flexibility index (Phi) is 3.33. The summed E-state index contributed by atoms with van der Waals surface area (Å²) in [6, 6.07) is 0.605. The van der Waals surface area contributed by atoms with Gasteiger partial charge < -0.3 is 14.7 Å². The fourth-order valence-corrected chi connectivity index (χ4v) is 2.86. The van der Waals surface area contributed by atoms with Crippen LogP contribution in [0.2, 0.25) is 0 Å². The van der Waals surface area contributed by atoms with E-state index in [-0.39, 0.29) is 11.7 Å². The van der Waals surface area contributed by atoms with E-state index in [1.165, 1.54) is 19.3 Å². The Labute approximate surface area is 92.4 Å². The molecular weight excluding hydrogens is 190 g/mol. The predicted octanol–water partition coefficient (Wildman–Crippen LogP) is 1.40. The lowest BCUT2D eigenvalue weighted by atomic mass is 9.73. The van der Waals surface area contributed by atoms with Gasteiger partial charge >= 0.3 is 0 Å². The lowest BCUT2D eigenvalue weighted by Crippen LogP contribution is -2.52. The number of hydrogen-bond acceptors (Lipinski definition) is 3. The number of ether oxygens (including phenoxy) is 1. The molecule has 3 heteroatoms. The summed E-state index contributed by atoms with van der Waals surface area (Å²) < 4.78 is 5.90. The Hall–Kier alpha value is -0.120. The molecule has 2 unspecified atom stereocenters. The maximum Gasteiger partial charge on any atom is 0.0697 e. The molecule has 88 valence electrons. The van der Waals surface area contributed by atoms with Gasteiger partial charge in [0.15, 0.2) is 0 Å². The lowest BCUT2D eigenvalue weighted by Gasteiger charge is -2.49. The van der Waals surface area contributed by atoms with E-state index in [0.717, 1.165) is 26.0 Å². The van der Waals surface area contributed by atoms with Gasteiger partial charge in [-0.3, -0.25) is 0 Å². The van der Waals surface area contributed by atoms with Crippen LogP contribution in [0.15, 0.2) is 0 Å². The molecule has 1 N–H and O–H groups in total. The van der Waals surface area contributed by atoms with Crippen LogP contribution in [0.1, 0.15) is 39.0 Å². The average Bonchev–Trinajstić information content (AvgIpc) is 2.14. The summed E-state index contributed by atoms with van der Waals surface area (Å²) in [5.74, 6) is 0. The molecule has 1 aliphatic heterocycles.